The summed E-state index contributed by atoms with van der Waals surface area (Å²) in [5.41, 5.74) is 2.26. The van der Waals surface area contributed by atoms with Crippen molar-refractivity contribution in [2.24, 2.45) is 0 Å². The van der Waals surface area contributed by atoms with Gasteiger partial charge in [0.15, 0.2) is 5.65 Å². The zero-order valence-corrected chi connectivity index (χ0v) is 14.3. The van der Waals surface area contributed by atoms with E-state index in [9.17, 15) is 4.79 Å². The van der Waals surface area contributed by atoms with Crippen LogP contribution in [0.5, 0.6) is 0 Å². The average Bonchev–Trinajstić information content (AvgIpc) is 3.32. The van der Waals surface area contributed by atoms with E-state index in [0.29, 0.717) is 16.7 Å². The summed E-state index contributed by atoms with van der Waals surface area (Å²) in [6.07, 6.45) is 2.15. The number of carbonyl (C=O) groups is 1. The summed E-state index contributed by atoms with van der Waals surface area (Å²) in [6, 6.07) is 8.22. The largest absolute Gasteiger partial charge is 0.352 e. The second-order valence-electron chi connectivity index (χ2n) is 6.29. The summed E-state index contributed by atoms with van der Waals surface area (Å²) < 4.78 is 1.76. The summed E-state index contributed by atoms with van der Waals surface area (Å²) in [7, 11) is 1.87. The van der Waals surface area contributed by atoms with E-state index in [2.05, 4.69) is 15.4 Å². The molecular weight excluding hydrogens is 326 g/mol. The minimum Gasteiger partial charge on any atom is -0.352 e. The number of anilines is 1. The van der Waals surface area contributed by atoms with Gasteiger partial charge in [0, 0.05) is 18.5 Å². The van der Waals surface area contributed by atoms with Gasteiger partial charge in [-0.05, 0) is 31.9 Å². The van der Waals surface area contributed by atoms with Gasteiger partial charge in [0.05, 0.1) is 17.8 Å². The number of rotatable bonds is 4. The first kappa shape index (κ1) is 15.2. The van der Waals surface area contributed by atoms with Crippen LogP contribution in [0, 0.1) is 6.92 Å². The Kier molecular flexibility index (Phi) is 3.57. The Labute approximate surface area is 144 Å². The lowest BCUT2D eigenvalue weighted by Crippen LogP contribution is -2.36. The van der Waals surface area contributed by atoms with Crippen LogP contribution in [0.4, 0.5) is 5.82 Å². The fraction of sp³-hybridized carbons (Fsp3) is 0.353. The Bertz CT molecular complexity index is 947. The van der Waals surface area contributed by atoms with Crippen LogP contribution < -0.4 is 10.2 Å². The molecule has 2 heterocycles. The number of likely N-dealkylation sites (N-methyl/N-ethyl adjacent to an activating group) is 1. The molecule has 4 rings (SSSR count). The molecule has 1 saturated carbocycles. The lowest BCUT2D eigenvalue weighted by Gasteiger charge is -2.20. The van der Waals surface area contributed by atoms with E-state index >= 15 is 0 Å². The van der Waals surface area contributed by atoms with Crippen molar-refractivity contribution in [3.63, 3.8) is 0 Å². The molecule has 1 amide bonds. The summed E-state index contributed by atoms with van der Waals surface area (Å²) >= 11 is 6.36. The maximum atomic E-state index is 12.1. The molecule has 1 aliphatic rings. The topological polar surface area (TPSA) is 62.5 Å². The van der Waals surface area contributed by atoms with E-state index in [0.717, 1.165) is 35.3 Å². The molecule has 7 heteroatoms. The molecular formula is C17H18ClN5O. The molecule has 0 radical (unpaired) electrons. The van der Waals surface area contributed by atoms with E-state index < -0.39 is 0 Å². The van der Waals surface area contributed by atoms with Crippen LogP contribution in [-0.4, -0.2) is 40.1 Å². The third-order valence-corrected chi connectivity index (χ3v) is 4.68. The highest BCUT2D eigenvalue weighted by atomic mass is 35.5. The predicted octanol–water partition coefficient (Wildman–Crippen LogP) is 2.56. The summed E-state index contributed by atoms with van der Waals surface area (Å²) in [5.74, 6) is 0.743. The molecule has 1 aromatic carbocycles. The Hall–Kier alpha value is -2.34. The number of carbonyl (C=O) groups excluding carboxylic acids is 1. The number of aromatic nitrogens is 3. The monoisotopic (exact) mass is 343 g/mol. The third-order valence-electron chi connectivity index (χ3n) is 4.23. The first-order valence-corrected chi connectivity index (χ1v) is 8.36. The number of fused-ring (bicyclic) bond motifs is 3. The number of benzene rings is 1. The minimum atomic E-state index is 0.0153. The van der Waals surface area contributed by atoms with Crippen LogP contribution in [0.25, 0.3) is 16.6 Å². The number of nitrogens with zero attached hydrogens (tertiary/aromatic N) is 4. The predicted molar refractivity (Wildman–Crippen MR) is 94.7 cm³/mol. The molecule has 0 unspecified atom stereocenters. The maximum absolute atomic E-state index is 12.1. The van der Waals surface area contributed by atoms with Crippen molar-refractivity contribution in [1.82, 2.24) is 19.9 Å². The van der Waals surface area contributed by atoms with Crippen LogP contribution in [-0.2, 0) is 4.79 Å². The van der Waals surface area contributed by atoms with Gasteiger partial charge in [-0.2, -0.15) is 5.10 Å². The highest BCUT2D eigenvalue weighted by Crippen LogP contribution is 2.29. The van der Waals surface area contributed by atoms with Crippen LogP contribution in [0.2, 0.25) is 5.02 Å². The van der Waals surface area contributed by atoms with Gasteiger partial charge in [-0.25, -0.2) is 9.50 Å². The van der Waals surface area contributed by atoms with Crippen LogP contribution in [0.1, 0.15) is 18.5 Å². The lowest BCUT2D eigenvalue weighted by atomic mass is 10.2. The number of halogens is 1. The van der Waals surface area contributed by atoms with Crippen molar-refractivity contribution >= 4 is 39.9 Å². The summed E-state index contributed by atoms with van der Waals surface area (Å²) in [6.45, 7) is 2.12. The van der Waals surface area contributed by atoms with Gasteiger partial charge < -0.3 is 10.2 Å². The molecule has 6 nitrogen and oxygen atoms in total. The third kappa shape index (κ3) is 2.57. The Morgan fingerprint density at radius 2 is 2.17 bits per heavy atom. The van der Waals surface area contributed by atoms with Gasteiger partial charge in [-0.15, -0.1) is 0 Å². The van der Waals surface area contributed by atoms with Gasteiger partial charge in [0.1, 0.15) is 10.8 Å². The number of para-hydroxylation sites is 1. The second-order valence-corrected chi connectivity index (χ2v) is 6.66. The standard InChI is InChI=1S/C17H18ClN5O/c1-10-15(18)17-20-16(22(2)9-14(24)19-11-7-8-11)12-5-3-4-6-13(12)23(17)21-10/h3-6,11H,7-9H2,1-2H3,(H,19,24). The minimum absolute atomic E-state index is 0.0153. The smallest absolute Gasteiger partial charge is 0.239 e. The summed E-state index contributed by atoms with van der Waals surface area (Å²) in [5, 5.41) is 8.95. The van der Waals surface area contributed by atoms with Gasteiger partial charge in [-0.1, -0.05) is 23.7 Å². The van der Waals surface area contributed by atoms with Crippen molar-refractivity contribution in [1.29, 1.82) is 0 Å². The molecule has 3 aromatic rings. The first-order valence-electron chi connectivity index (χ1n) is 7.98. The van der Waals surface area contributed by atoms with Gasteiger partial charge in [0.25, 0.3) is 0 Å². The fourth-order valence-electron chi connectivity index (χ4n) is 2.85. The molecule has 24 heavy (non-hydrogen) atoms. The number of nitrogens with one attached hydrogen (secondary N) is 1. The van der Waals surface area contributed by atoms with Crippen molar-refractivity contribution in [3.05, 3.63) is 35.0 Å². The van der Waals surface area contributed by atoms with Crippen molar-refractivity contribution in [2.45, 2.75) is 25.8 Å². The normalized spacial score (nSPS) is 14.3. The zero-order valence-electron chi connectivity index (χ0n) is 13.6. The quantitative estimate of drug-likeness (QED) is 0.790. The number of aryl methyl sites for hydroxylation is 1. The number of hydrogen-bond donors (Lipinski definition) is 1. The van der Waals surface area contributed by atoms with E-state index in [4.69, 9.17) is 11.6 Å². The first-order chi connectivity index (χ1) is 11.5. The van der Waals surface area contributed by atoms with Crippen LogP contribution >= 0.6 is 11.6 Å². The SMILES string of the molecule is Cc1nn2c(nc(N(C)CC(=O)NC3CC3)c3ccccc32)c1Cl. The maximum Gasteiger partial charge on any atom is 0.239 e. The molecule has 1 N–H and O–H groups in total. The van der Waals surface area contributed by atoms with E-state index in [-0.39, 0.29) is 12.5 Å². The molecule has 1 fully saturated rings. The zero-order chi connectivity index (χ0) is 16.8. The Morgan fingerprint density at radius 1 is 1.42 bits per heavy atom. The van der Waals surface area contributed by atoms with Crippen LogP contribution in [0.3, 0.4) is 0 Å². The molecule has 0 spiro atoms. The highest BCUT2D eigenvalue weighted by molar-refractivity contribution is 6.34. The van der Waals surface area contributed by atoms with Crippen LogP contribution in [0.15, 0.2) is 24.3 Å². The molecule has 124 valence electrons. The molecule has 0 aliphatic heterocycles. The van der Waals surface area contributed by atoms with Gasteiger partial charge >= 0.3 is 0 Å². The van der Waals surface area contributed by atoms with Crippen molar-refractivity contribution < 1.29 is 4.79 Å². The van der Waals surface area contributed by atoms with E-state index in [1.807, 2.05) is 43.1 Å². The lowest BCUT2D eigenvalue weighted by molar-refractivity contribution is -0.119. The van der Waals surface area contributed by atoms with E-state index in [1.54, 1.807) is 4.52 Å². The van der Waals surface area contributed by atoms with E-state index in [1.165, 1.54) is 0 Å². The number of hydrogen-bond acceptors (Lipinski definition) is 4. The van der Waals surface area contributed by atoms with Gasteiger partial charge in [0.2, 0.25) is 5.91 Å². The highest BCUT2D eigenvalue weighted by Gasteiger charge is 2.24. The summed E-state index contributed by atoms with van der Waals surface area (Å²) in [4.78, 5) is 18.7. The number of amides is 1. The molecule has 1 aliphatic carbocycles. The Morgan fingerprint density at radius 3 is 2.92 bits per heavy atom. The van der Waals surface area contributed by atoms with Gasteiger partial charge in [-0.3, -0.25) is 4.79 Å². The molecule has 2 aromatic heterocycles. The Balaban J connectivity index is 1.80. The van der Waals surface area contributed by atoms with Crippen molar-refractivity contribution in [3.8, 4) is 0 Å². The average molecular weight is 344 g/mol. The molecule has 0 bridgehead atoms. The second kappa shape index (κ2) is 5.63. The fourth-order valence-corrected chi connectivity index (χ4v) is 3.01. The molecule has 0 saturated heterocycles. The molecule has 0 atom stereocenters. The van der Waals surface area contributed by atoms with Crippen molar-refractivity contribution in [2.75, 3.05) is 18.5 Å².